The maximum atomic E-state index is 13.7. The molecule has 0 aromatic heterocycles. The third-order valence-electron chi connectivity index (χ3n) is 9.42. The van der Waals surface area contributed by atoms with E-state index in [9.17, 15) is 39.3 Å². The average molecular weight is 993 g/mol. The molecule has 19 nitrogen and oxygen atoms in total. The van der Waals surface area contributed by atoms with Crippen molar-refractivity contribution in [3.8, 4) is 0 Å². The number of aliphatic hydroxyl groups excluding tert-OH is 3. The summed E-state index contributed by atoms with van der Waals surface area (Å²) in [7, 11) is 5.21. The minimum atomic E-state index is -1.86. The van der Waals surface area contributed by atoms with Crippen LogP contribution >= 0.6 is 0 Å². The molecule has 0 saturated heterocycles. The number of benzene rings is 1. The van der Waals surface area contributed by atoms with Crippen molar-refractivity contribution >= 4 is 36.0 Å². The Morgan fingerprint density at radius 3 is 1.59 bits per heavy atom. The van der Waals surface area contributed by atoms with Crippen LogP contribution in [0.3, 0.4) is 0 Å². The van der Waals surface area contributed by atoms with E-state index in [1.54, 1.807) is 45.0 Å². The maximum absolute atomic E-state index is 13.7. The molecule has 1 aliphatic rings. The Morgan fingerprint density at radius 1 is 0.712 bits per heavy atom. The van der Waals surface area contributed by atoms with E-state index in [4.69, 9.17) is 42.6 Å². The van der Waals surface area contributed by atoms with Gasteiger partial charge < -0.3 is 78.2 Å². The Morgan fingerprint density at radius 2 is 1.15 bits per heavy atom. The SMILES string of the molecule is COCOC(C(=O)NC(CO)(CO)CO)C(OCOC)C(OCOC)C(OCOC)C(=O)OCCc1ccc(NC(=O)C2(C)CC(C)([C-]=O)CC(C)([C-]=O)C2)cc1.[Y].[Y]. The molecule has 1 aromatic rings. The van der Waals surface area contributed by atoms with E-state index < -0.39 is 105 Å². The van der Waals surface area contributed by atoms with E-state index in [1.165, 1.54) is 28.4 Å². The van der Waals surface area contributed by atoms with E-state index in [0.29, 0.717) is 5.69 Å². The number of methoxy groups -OCH3 is 4. The Balaban J connectivity index is 0.0000168. The summed E-state index contributed by atoms with van der Waals surface area (Å²) in [5, 5.41) is 34.8. The van der Waals surface area contributed by atoms with Gasteiger partial charge >= 0.3 is 5.97 Å². The first-order valence-electron chi connectivity index (χ1n) is 18.0. The standard InChI is InChI=1S/C38H58N2O17.2Y/c1-35(17-41)14-36(2,18-42)16-37(3,15-35)34(48)39-27-10-8-26(9-11-27)12-13-53-33(47)31(57-25-52-7)29(55-23-50-5)28(54-22-49-4)30(56-24-51-6)32(46)40-38(19-43,20-44)21-45;;/h8-11,28-31,43-45H,12-16,19-25H2,1-7H3,(H,39,48)(H,40,46);;/q-2;;. The van der Waals surface area contributed by atoms with Crippen molar-refractivity contribution in [1.82, 2.24) is 5.32 Å². The van der Waals surface area contributed by atoms with Crippen molar-refractivity contribution in [1.29, 1.82) is 0 Å². The number of hydrogen-bond donors (Lipinski definition) is 5. The van der Waals surface area contributed by atoms with Gasteiger partial charge in [-0.15, -0.1) is 10.8 Å². The largest absolute Gasteiger partial charge is 0.541 e. The predicted octanol–water partition coefficient (Wildman–Crippen LogP) is -0.0837. The molecular formula is C38H58N2O17Y2-2. The number of carbonyl (C=O) groups is 3. The summed E-state index contributed by atoms with van der Waals surface area (Å²) < 4.78 is 48.8. The molecule has 2 rings (SSSR count). The molecule has 0 bridgehead atoms. The Labute approximate surface area is 395 Å². The second-order valence-corrected chi connectivity index (χ2v) is 14.8. The number of carbonyl (C=O) groups excluding carboxylic acids is 5. The second-order valence-electron chi connectivity index (χ2n) is 14.8. The van der Waals surface area contributed by atoms with Crippen molar-refractivity contribution in [3.05, 3.63) is 29.8 Å². The van der Waals surface area contributed by atoms with Crippen LogP contribution in [0, 0.1) is 16.2 Å². The van der Waals surface area contributed by atoms with Crippen molar-refractivity contribution < 1.29 is 147 Å². The van der Waals surface area contributed by atoms with Crippen LogP contribution in [0.15, 0.2) is 24.3 Å². The summed E-state index contributed by atoms with van der Waals surface area (Å²) in [5.74, 6) is -2.31. The van der Waals surface area contributed by atoms with E-state index in [2.05, 4.69) is 10.6 Å². The van der Waals surface area contributed by atoms with Crippen LogP contribution < -0.4 is 10.6 Å². The molecule has 1 saturated carbocycles. The van der Waals surface area contributed by atoms with Gasteiger partial charge in [0.2, 0.25) is 5.91 Å². The molecule has 2 amide bonds. The fraction of sp³-hybridized carbons (Fsp3) is 0.711. The molecule has 0 aliphatic heterocycles. The van der Waals surface area contributed by atoms with Gasteiger partial charge in [0.1, 0.15) is 44.9 Å². The molecule has 59 heavy (non-hydrogen) atoms. The molecular weight excluding hydrogens is 934 g/mol. The van der Waals surface area contributed by atoms with Crippen molar-refractivity contribution in [3.63, 3.8) is 0 Å². The topological polar surface area (TPSA) is 253 Å². The Bertz CT molecular complexity index is 1390. The fourth-order valence-corrected chi connectivity index (χ4v) is 6.97. The predicted molar refractivity (Wildman–Crippen MR) is 198 cm³/mol. The summed E-state index contributed by atoms with van der Waals surface area (Å²) in [6, 6.07) is 6.77. The van der Waals surface area contributed by atoms with Gasteiger partial charge in [0.15, 0.2) is 12.2 Å². The minimum absolute atomic E-state index is 0. The van der Waals surface area contributed by atoms with Gasteiger partial charge in [-0.3, -0.25) is 22.2 Å². The molecule has 1 aliphatic carbocycles. The van der Waals surface area contributed by atoms with Gasteiger partial charge in [-0.1, -0.05) is 52.2 Å². The zero-order valence-electron chi connectivity index (χ0n) is 34.8. The first-order chi connectivity index (χ1) is 27.1. The van der Waals surface area contributed by atoms with Crippen molar-refractivity contribution in [2.75, 3.05) is 87.4 Å². The van der Waals surface area contributed by atoms with Gasteiger partial charge in [-0.2, -0.15) is 0 Å². The number of hydrogen-bond acceptors (Lipinski definition) is 17. The molecule has 1 fully saturated rings. The summed E-state index contributed by atoms with van der Waals surface area (Å²) >= 11 is 0. The Kier molecular flexibility index (Phi) is 27.8. The molecule has 21 heteroatoms. The van der Waals surface area contributed by atoms with Crippen LogP contribution in [0.2, 0.25) is 0 Å². The first kappa shape index (κ1) is 57.7. The average Bonchev–Trinajstić information content (AvgIpc) is 3.19. The number of amides is 2. The van der Waals surface area contributed by atoms with Crippen LogP contribution in [0.5, 0.6) is 0 Å². The number of anilines is 1. The fourth-order valence-electron chi connectivity index (χ4n) is 6.97. The van der Waals surface area contributed by atoms with E-state index in [-0.39, 0.29) is 104 Å². The van der Waals surface area contributed by atoms with Crippen LogP contribution in [0.4, 0.5) is 5.69 Å². The number of ether oxygens (including phenoxy) is 9. The molecule has 5 N–H and O–H groups in total. The number of esters is 1. The molecule has 6 atom stereocenters. The number of rotatable bonds is 28. The minimum Gasteiger partial charge on any atom is -0.541 e. The zero-order chi connectivity index (χ0) is 42.7. The molecule has 2 radical (unpaired) electrons. The van der Waals surface area contributed by atoms with Crippen LogP contribution in [0.1, 0.15) is 45.6 Å². The summed E-state index contributed by atoms with van der Waals surface area (Å²) in [5.41, 5.74) is -3.67. The van der Waals surface area contributed by atoms with Crippen LogP contribution in [0.25, 0.3) is 0 Å². The third-order valence-corrected chi connectivity index (χ3v) is 9.42. The maximum Gasteiger partial charge on any atom is 0.338 e. The van der Waals surface area contributed by atoms with Crippen molar-refractivity contribution in [2.24, 2.45) is 16.2 Å². The third kappa shape index (κ3) is 17.4. The monoisotopic (exact) mass is 992 g/mol. The molecule has 6 unspecified atom stereocenters. The van der Waals surface area contributed by atoms with Gasteiger partial charge in [-0.25, -0.2) is 4.79 Å². The van der Waals surface area contributed by atoms with E-state index in [1.807, 2.05) is 12.6 Å². The van der Waals surface area contributed by atoms with Gasteiger partial charge in [0.05, 0.1) is 26.4 Å². The molecule has 1 aromatic carbocycles. The van der Waals surface area contributed by atoms with Crippen LogP contribution in [-0.2, 0) is 138 Å². The summed E-state index contributed by atoms with van der Waals surface area (Å²) in [4.78, 5) is 64.5. The van der Waals surface area contributed by atoms with Gasteiger partial charge in [0, 0.05) is 111 Å². The van der Waals surface area contributed by atoms with Crippen LogP contribution in [-0.4, -0.2) is 158 Å². The van der Waals surface area contributed by atoms with Gasteiger partial charge in [-0.05, 0) is 17.7 Å². The second kappa shape index (κ2) is 28.4. The van der Waals surface area contributed by atoms with E-state index in [0.717, 1.165) is 5.56 Å². The van der Waals surface area contributed by atoms with Crippen molar-refractivity contribution in [2.45, 2.75) is 76.4 Å². The Hall–Kier alpha value is -1.26. The zero-order valence-corrected chi connectivity index (χ0v) is 40.5. The first-order valence-corrected chi connectivity index (χ1v) is 18.0. The molecule has 330 valence electrons. The number of aliphatic hydroxyl groups is 3. The van der Waals surface area contributed by atoms with Gasteiger partial charge in [0.25, 0.3) is 5.91 Å². The molecule has 0 spiro atoms. The molecule has 0 heterocycles. The summed E-state index contributed by atoms with van der Waals surface area (Å²) in [6.45, 7) is 0.593. The van der Waals surface area contributed by atoms with E-state index >= 15 is 0 Å². The number of nitrogens with one attached hydrogen (secondary N) is 2. The normalized spacial score (nSPS) is 22.3. The summed E-state index contributed by atoms with van der Waals surface area (Å²) in [6.07, 6.45) is -1.47. The smallest absolute Gasteiger partial charge is 0.338 e. The quantitative estimate of drug-likeness (QED) is 0.0418.